The van der Waals surface area contributed by atoms with Gasteiger partial charge < -0.3 is 5.32 Å². The second kappa shape index (κ2) is 7.25. The van der Waals surface area contributed by atoms with E-state index in [0.29, 0.717) is 5.69 Å². The summed E-state index contributed by atoms with van der Waals surface area (Å²) in [5.41, 5.74) is 3.80. The van der Waals surface area contributed by atoms with Crippen molar-refractivity contribution in [2.75, 3.05) is 0 Å². The van der Waals surface area contributed by atoms with E-state index in [-0.39, 0.29) is 11.9 Å². The first kappa shape index (κ1) is 16.7. The number of amides is 1. The van der Waals surface area contributed by atoms with Crippen LogP contribution in [0.1, 0.15) is 27.8 Å². The summed E-state index contributed by atoms with van der Waals surface area (Å²) in [6, 6.07) is 16.7. The Bertz CT molecular complexity index is 1040. The fourth-order valence-electron chi connectivity index (χ4n) is 2.95. The molecule has 0 aliphatic rings. The zero-order valence-electron chi connectivity index (χ0n) is 14.7. The molecular formula is C20H18N6O. The number of nitrogens with one attached hydrogen (secondary N) is 2. The summed E-state index contributed by atoms with van der Waals surface area (Å²) in [7, 11) is 1.84. The van der Waals surface area contributed by atoms with E-state index in [1.54, 1.807) is 29.3 Å². The van der Waals surface area contributed by atoms with E-state index < -0.39 is 0 Å². The summed E-state index contributed by atoms with van der Waals surface area (Å²) in [5.74, 6) is -0.250. The number of aryl methyl sites for hydroxylation is 1. The second-order valence-corrected chi connectivity index (χ2v) is 6.11. The molecule has 27 heavy (non-hydrogen) atoms. The molecule has 3 heterocycles. The van der Waals surface area contributed by atoms with Crippen LogP contribution in [0.15, 0.2) is 73.2 Å². The Hall–Kier alpha value is -3.74. The first-order chi connectivity index (χ1) is 13.2. The highest BCUT2D eigenvalue weighted by molar-refractivity contribution is 5.93. The van der Waals surface area contributed by atoms with Gasteiger partial charge in [0.05, 0.1) is 17.4 Å². The molecule has 1 amide bonds. The number of carbonyl (C=O) groups excluding carboxylic acids is 1. The Morgan fingerprint density at radius 2 is 1.96 bits per heavy atom. The lowest BCUT2D eigenvalue weighted by Crippen LogP contribution is -2.31. The van der Waals surface area contributed by atoms with E-state index in [1.807, 2.05) is 55.6 Å². The van der Waals surface area contributed by atoms with E-state index >= 15 is 0 Å². The highest BCUT2D eigenvalue weighted by Crippen LogP contribution is 2.22. The van der Waals surface area contributed by atoms with Crippen molar-refractivity contribution in [1.29, 1.82) is 0 Å². The smallest absolute Gasteiger partial charge is 0.270 e. The molecule has 0 saturated heterocycles. The number of benzene rings is 1. The van der Waals surface area contributed by atoms with Crippen molar-refractivity contribution in [2.24, 2.45) is 7.05 Å². The molecule has 0 saturated carbocycles. The summed E-state index contributed by atoms with van der Waals surface area (Å²) in [6.45, 7) is 0. The maximum Gasteiger partial charge on any atom is 0.270 e. The van der Waals surface area contributed by atoms with Crippen LogP contribution in [0.4, 0.5) is 0 Å². The van der Waals surface area contributed by atoms with Crippen LogP contribution in [-0.4, -0.2) is 30.9 Å². The normalized spacial score (nSPS) is 11.9. The third kappa shape index (κ3) is 3.48. The van der Waals surface area contributed by atoms with Crippen LogP contribution >= 0.6 is 0 Å². The van der Waals surface area contributed by atoms with Gasteiger partial charge in [0.1, 0.15) is 5.69 Å². The molecule has 0 bridgehead atoms. The summed E-state index contributed by atoms with van der Waals surface area (Å²) in [5, 5.41) is 14.3. The lowest BCUT2D eigenvalue weighted by atomic mass is 10.1. The van der Waals surface area contributed by atoms with Gasteiger partial charge in [-0.3, -0.25) is 19.6 Å². The van der Waals surface area contributed by atoms with Crippen LogP contribution in [0.5, 0.6) is 0 Å². The fraction of sp³-hybridized carbons (Fsp3) is 0.100. The Kier molecular flexibility index (Phi) is 4.49. The minimum absolute atomic E-state index is 0.250. The van der Waals surface area contributed by atoms with Crippen LogP contribution in [0.25, 0.3) is 11.3 Å². The largest absolute Gasteiger partial charge is 0.338 e. The lowest BCUT2D eigenvalue weighted by Gasteiger charge is -2.18. The van der Waals surface area contributed by atoms with Crippen LogP contribution in [0.3, 0.4) is 0 Å². The van der Waals surface area contributed by atoms with Gasteiger partial charge in [-0.2, -0.15) is 10.2 Å². The molecule has 1 aromatic carbocycles. The Morgan fingerprint density at radius 1 is 1.11 bits per heavy atom. The number of nitrogens with zero attached hydrogens (tertiary/aromatic N) is 4. The van der Waals surface area contributed by atoms with Gasteiger partial charge in [0.15, 0.2) is 0 Å². The van der Waals surface area contributed by atoms with E-state index in [2.05, 4.69) is 25.6 Å². The average Bonchev–Trinajstić information content (AvgIpc) is 3.37. The zero-order chi connectivity index (χ0) is 18.6. The van der Waals surface area contributed by atoms with Crippen molar-refractivity contribution in [2.45, 2.75) is 6.04 Å². The Balaban J connectivity index is 1.61. The summed E-state index contributed by atoms with van der Waals surface area (Å²) >= 11 is 0. The van der Waals surface area contributed by atoms with Gasteiger partial charge in [-0.15, -0.1) is 0 Å². The zero-order valence-corrected chi connectivity index (χ0v) is 14.7. The van der Waals surface area contributed by atoms with Crippen molar-refractivity contribution in [1.82, 2.24) is 30.3 Å². The van der Waals surface area contributed by atoms with Crippen molar-refractivity contribution in [3.8, 4) is 11.3 Å². The molecule has 1 atom stereocenters. The molecule has 0 aliphatic carbocycles. The number of pyridine rings is 1. The highest BCUT2D eigenvalue weighted by Gasteiger charge is 2.22. The molecule has 4 rings (SSSR count). The van der Waals surface area contributed by atoms with Gasteiger partial charge in [0.2, 0.25) is 0 Å². The molecular weight excluding hydrogens is 340 g/mol. The van der Waals surface area contributed by atoms with Crippen LogP contribution in [-0.2, 0) is 7.05 Å². The van der Waals surface area contributed by atoms with Gasteiger partial charge in [-0.05, 0) is 23.8 Å². The molecule has 134 valence electrons. The van der Waals surface area contributed by atoms with Crippen molar-refractivity contribution >= 4 is 5.91 Å². The predicted octanol–water partition coefficient (Wildman–Crippen LogP) is 2.72. The maximum atomic E-state index is 12.8. The maximum absolute atomic E-state index is 12.8. The number of hydrogen-bond acceptors (Lipinski definition) is 4. The number of carbonyl (C=O) groups is 1. The number of H-pyrrole nitrogens is 1. The van der Waals surface area contributed by atoms with Gasteiger partial charge in [-0.25, -0.2) is 0 Å². The molecule has 0 radical (unpaired) electrons. The predicted molar refractivity (Wildman–Crippen MR) is 101 cm³/mol. The molecule has 0 aliphatic heterocycles. The standard InChI is InChI=1S/C20H18N6O/c1-26-18(9-11-22-26)19(15-8-5-10-21-13-15)23-20(27)17-12-16(24-25-17)14-6-3-2-4-7-14/h2-13,19H,1H3,(H,23,27)(H,24,25). The van der Waals surface area contributed by atoms with Crippen molar-refractivity contribution in [3.63, 3.8) is 0 Å². The van der Waals surface area contributed by atoms with Gasteiger partial charge in [0, 0.05) is 31.2 Å². The van der Waals surface area contributed by atoms with Crippen LogP contribution < -0.4 is 5.32 Å². The third-order valence-corrected chi connectivity index (χ3v) is 4.34. The monoisotopic (exact) mass is 358 g/mol. The van der Waals surface area contributed by atoms with Crippen molar-refractivity contribution in [3.05, 3.63) is 90.1 Å². The molecule has 7 heteroatoms. The first-order valence-electron chi connectivity index (χ1n) is 8.52. The molecule has 2 N–H and O–H groups in total. The fourth-order valence-corrected chi connectivity index (χ4v) is 2.95. The molecule has 0 fully saturated rings. The first-order valence-corrected chi connectivity index (χ1v) is 8.52. The quantitative estimate of drug-likeness (QED) is 0.574. The Labute approximate surface area is 156 Å². The van der Waals surface area contributed by atoms with E-state index in [4.69, 9.17) is 0 Å². The average molecular weight is 358 g/mol. The van der Waals surface area contributed by atoms with Crippen molar-refractivity contribution < 1.29 is 4.79 Å². The van der Waals surface area contributed by atoms with Crippen LogP contribution in [0, 0.1) is 0 Å². The minimum Gasteiger partial charge on any atom is -0.338 e. The molecule has 7 nitrogen and oxygen atoms in total. The SMILES string of the molecule is Cn1nccc1C(NC(=O)c1cc(-c2ccccc2)n[nH]1)c1cccnc1. The van der Waals surface area contributed by atoms with E-state index in [1.165, 1.54) is 0 Å². The molecule has 1 unspecified atom stereocenters. The summed E-state index contributed by atoms with van der Waals surface area (Å²) in [4.78, 5) is 17.0. The van der Waals surface area contributed by atoms with Gasteiger partial charge >= 0.3 is 0 Å². The number of rotatable bonds is 5. The second-order valence-electron chi connectivity index (χ2n) is 6.11. The molecule has 0 spiro atoms. The molecule has 4 aromatic rings. The third-order valence-electron chi connectivity index (χ3n) is 4.34. The number of aromatic amines is 1. The van der Waals surface area contributed by atoms with E-state index in [9.17, 15) is 4.79 Å². The van der Waals surface area contributed by atoms with Gasteiger partial charge in [0.25, 0.3) is 5.91 Å². The van der Waals surface area contributed by atoms with E-state index in [0.717, 1.165) is 22.5 Å². The summed E-state index contributed by atoms with van der Waals surface area (Å²) in [6.07, 6.45) is 5.14. The highest BCUT2D eigenvalue weighted by atomic mass is 16.2. The number of hydrogen-bond donors (Lipinski definition) is 2. The number of aromatic nitrogens is 5. The lowest BCUT2D eigenvalue weighted by molar-refractivity contribution is 0.0936. The molecule has 3 aromatic heterocycles. The van der Waals surface area contributed by atoms with Gasteiger partial charge in [-0.1, -0.05) is 36.4 Å². The Morgan fingerprint density at radius 3 is 2.67 bits per heavy atom. The summed E-state index contributed by atoms with van der Waals surface area (Å²) < 4.78 is 1.74. The minimum atomic E-state index is -0.373. The topological polar surface area (TPSA) is 88.5 Å². The van der Waals surface area contributed by atoms with Crippen LogP contribution in [0.2, 0.25) is 0 Å².